The molecule has 0 bridgehead atoms. The van der Waals surface area contributed by atoms with Gasteiger partial charge in [-0.15, -0.1) is 11.8 Å². The number of pyridine rings is 1. The summed E-state index contributed by atoms with van der Waals surface area (Å²) in [4.78, 5) is 5.38. The Bertz CT molecular complexity index is 218. The molecular formula is C8H12N2S. The molecule has 0 aromatic carbocycles. The van der Waals surface area contributed by atoms with E-state index in [9.17, 15) is 0 Å². The molecule has 0 spiro atoms. The van der Waals surface area contributed by atoms with Gasteiger partial charge >= 0.3 is 0 Å². The molecule has 11 heavy (non-hydrogen) atoms. The maximum atomic E-state index is 5.64. The Morgan fingerprint density at radius 3 is 2.64 bits per heavy atom. The fourth-order valence-corrected chi connectivity index (χ4v) is 1.14. The van der Waals surface area contributed by atoms with Crippen LogP contribution in [0.5, 0.6) is 0 Å². The van der Waals surface area contributed by atoms with E-state index in [4.69, 9.17) is 5.73 Å². The van der Waals surface area contributed by atoms with E-state index in [1.54, 1.807) is 11.8 Å². The number of thioether (sulfide) groups is 1. The van der Waals surface area contributed by atoms with Gasteiger partial charge in [0.15, 0.2) is 0 Å². The largest absolute Gasteiger partial charge is 0.323 e. The smallest absolute Gasteiger partial charge is 0.0569 e. The van der Waals surface area contributed by atoms with Crippen molar-refractivity contribution >= 4 is 11.8 Å². The molecule has 3 heteroatoms. The van der Waals surface area contributed by atoms with Gasteiger partial charge in [-0.2, -0.15) is 0 Å². The first kappa shape index (κ1) is 8.56. The van der Waals surface area contributed by atoms with Crippen LogP contribution in [-0.2, 0) is 0 Å². The molecule has 0 aliphatic carbocycles. The van der Waals surface area contributed by atoms with Gasteiger partial charge in [0.05, 0.1) is 5.69 Å². The van der Waals surface area contributed by atoms with Gasteiger partial charge in [0, 0.05) is 17.1 Å². The van der Waals surface area contributed by atoms with Gasteiger partial charge < -0.3 is 5.73 Å². The van der Waals surface area contributed by atoms with Crippen LogP contribution in [0.15, 0.2) is 23.2 Å². The van der Waals surface area contributed by atoms with E-state index in [-0.39, 0.29) is 6.04 Å². The summed E-state index contributed by atoms with van der Waals surface area (Å²) < 4.78 is 0. The lowest BCUT2D eigenvalue weighted by molar-refractivity contribution is 0.777. The zero-order valence-electron chi connectivity index (χ0n) is 6.74. The Kier molecular flexibility index (Phi) is 2.91. The zero-order chi connectivity index (χ0) is 8.27. The summed E-state index contributed by atoms with van der Waals surface area (Å²) in [5.74, 6) is 0. The van der Waals surface area contributed by atoms with E-state index in [1.165, 1.54) is 4.90 Å². The Morgan fingerprint density at radius 1 is 1.55 bits per heavy atom. The maximum Gasteiger partial charge on any atom is 0.0569 e. The highest BCUT2D eigenvalue weighted by Crippen LogP contribution is 2.14. The van der Waals surface area contributed by atoms with Gasteiger partial charge in [0.25, 0.3) is 0 Å². The normalized spacial score (nSPS) is 13.0. The number of hydrogen-bond acceptors (Lipinski definition) is 3. The molecule has 1 unspecified atom stereocenters. The predicted octanol–water partition coefficient (Wildman–Crippen LogP) is 1.82. The number of nitrogens with zero attached hydrogens (tertiary/aromatic N) is 1. The summed E-state index contributed by atoms with van der Waals surface area (Å²) in [6.07, 6.45) is 3.88. The van der Waals surface area contributed by atoms with Crippen molar-refractivity contribution in [3.8, 4) is 0 Å². The van der Waals surface area contributed by atoms with E-state index < -0.39 is 0 Å². The van der Waals surface area contributed by atoms with Crippen LogP contribution in [0.3, 0.4) is 0 Å². The lowest BCUT2D eigenvalue weighted by Crippen LogP contribution is -2.06. The Balaban J connectivity index is 2.83. The number of aromatic nitrogens is 1. The molecular weight excluding hydrogens is 156 g/mol. The molecule has 0 radical (unpaired) electrons. The predicted molar refractivity (Wildman–Crippen MR) is 48.6 cm³/mol. The average Bonchev–Trinajstić information content (AvgIpc) is 2.05. The van der Waals surface area contributed by atoms with Gasteiger partial charge in [0.2, 0.25) is 0 Å². The number of hydrogen-bond donors (Lipinski definition) is 1. The van der Waals surface area contributed by atoms with Crippen molar-refractivity contribution in [1.29, 1.82) is 0 Å². The second kappa shape index (κ2) is 3.74. The second-order valence-electron chi connectivity index (χ2n) is 2.41. The minimum absolute atomic E-state index is 0.0332. The van der Waals surface area contributed by atoms with Crippen molar-refractivity contribution in [2.24, 2.45) is 5.73 Å². The third kappa shape index (κ3) is 2.20. The monoisotopic (exact) mass is 168 g/mol. The van der Waals surface area contributed by atoms with Crippen molar-refractivity contribution in [2.75, 3.05) is 6.26 Å². The lowest BCUT2D eigenvalue weighted by atomic mass is 10.2. The molecule has 0 saturated heterocycles. The molecule has 0 aliphatic rings. The van der Waals surface area contributed by atoms with Crippen LogP contribution in [0.4, 0.5) is 0 Å². The van der Waals surface area contributed by atoms with E-state index in [2.05, 4.69) is 4.98 Å². The molecule has 2 N–H and O–H groups in total. The minimum Gasteiger partial charge on any atom is -0.323 e. The van der Waals surface area contributed by atoms with E-state index in [0.717, 1.165) is 5.69 Å². The first-order chi connectivity index (χ1) is 5.24. The van der Waals surface area contributed by atoms with Crippen molar-refractivity contribution in [3.63, 3.8) is 0 Å². The van der Waals surface area contributed by atoms with Crippen LogP contribution in [0.1, 0.15) is 18.7 Å². The highest BCUT2D eigenvalue weighted by Gasteiger charge is 1.98. The van der Waals surface area contributed by atoms with Crippen molar-refractivity contribution in [3.05, 3.63) is 24.0 Å². The van der Waals surface area contributed by atoms with Crippen LogP contribution in [-0.4, -0.2) is 11.2 Å². The standard InChI is InChI=1S/C8H12N2S/c1-6(9)8-4-3-7(11-2)5-10-8/h3-6H,9H2,1-2H3. The third-order valence-corrected chi connectivity index (χ3v) is 2.17. The first-order valence-corrected chi connectivity index (χ1v) is 4.72. The number of nitrogens with two attached hydrogens (primary N) is 1. The summed E-state index contributed by atoms with van der Waals surface area (Å²) in [7, 11) is 0. The third-order valence-electron chi connectivity index (χ3n) is 1.46. The van der Waals surface area contributed by atoms with Gasteiger partial charge in [-0.05, 0) is 25.3 Å². The van der Waals surface area contributed by atoms with Crippen LogP contribution in [0.2, 0.25) is 0 Å². The molecule has 0 fully saturated rings. The van der Waals surface area contributed by atoms with Crippen molar-refractivity contribution in [2.45, 2.75) is 17.9 Å². The molecule has 0 amide bonds. The van der Waals surface area contributed by atoms with Crippen LogP contribution in [0, 0.1) is 0 Å². The zero-order valence-corrected chi connectivity index (χ0v) is 7.56. The minimum atomic E-state index is 0.0332. The number of rotatable bonds is 2. The quantitative estimate of drug-likeness (QED) is 0.685. The summed E-state index contributed by atoms with van der Waals surface area (Å²) in [6, 6.07) is 4.04. The highest BCUT2D eigenvalue weighted by molar-refractivity contribution is 7.98. The molecule has 2 nitrogen and oxygen atoms in total. The van der Waals surface area contributed by atoms with E-state index in [1.807, 2.05) is 31.5 Å². The van der Waals surface area contributed by atoms with Gasteiger partial charge in [-0.25, -0.2) is 0 Å². The molecule has 1 heterocycles. The molecule has 1 aromatic rings. The molecule has 1 aromatic heterocycles. The highest BCUT2D eigenvalue weighted by atomic mass is 32.2. The van der Waals surface area contributed by atoms with Crippen LogP contribution < -0.4 is 5.73 Å². The van der Waals surface area contributed by atoms with Crippen molar-refractivity contribution in [1.82, 2.24) is 4.98 Å². The van der Waals surface area contributed by atoms with E-state index in [0.29, 0.717) is 0 Å². The van der Waals surface area contributed by atoms with Crippen LogP contribution in [0.25, 0.3) is 0 Å². The molecule has 1 atom stereocenters. The lowest BCUT2D eigenvalue weighted by Gasteiger charge is -2.03. The fraction of sp³-hybridized carbons (Fsp3) is 0.375. The molecule has 1 rings (SSSR count). The van der Waals surface area contributed by atoms with Gasteiger partial charge in [-0.1, -0.05) is 0 Å². The maximum absolute atomic E-state index is 5.64. The summed E-state index contributed by atoms with van der Waals surface area (Å²) in [5, 5.41) is 0. The van der Waals surface area contributed by atoms with E-state index >= 15 is 0 Å². The molecule has 60 valence electrons. The second-order valence-corrected chi connectivity index (χ2v) is 3.29. The average molecular weight is 168 g/mol. The van der Waals surface area contributed by atoms with Crippen molar-refractivity contribution < 1.29 is 0 Å². The summed E-state index contributed by atoms with van der Waals surface area (Å²) in [6.45, 7) is 1.93. The molecule has 0 saturated carbocycles. The van der Waals surface area contributed by atoms with Gasteiger partial charge in [0.1, 0.15) is 0 Å². The first-order valence-electron chi connectivity index (χ1n) is 3.49. The molecule has 0 aliphatic heterocycles. The fourth-order valence-electron chi connectivity index (χ4n) is 0.782. The topological polar surface area (TPSA) is 38.9 Å². The van der Waals surface area contributed by atoms with Crippen LogP contribution >= 0.6 is 11.8 Å². The Hall–Kier alpha value is -0.540. The summed E-state index contributed by atoms with van der Waals surface area (Å²) in [5.41, 5.74) is 6.58. The summed E-state index contributed by atoms with van der Waals surface area (Å²) >= 11 is 1.69. The SMILES string of the molecule is CSc1ccc(C(C)N)nc1. The Labute approximate surface area is 71.2 Å². The van der Waals surface area contributed by atoms with Gasteiger partial charge in [-0.3, -0.25) is 4.98 Å². The Morgan fingerprint density at radius 2 is 2.27 bits per heavy atom.